The second kappa shape index (κ2) is 7.31. The van der Waals surface area contributed by atoms with Crippen molar-refractivity contribution in [2.24, 2.45) is 5.73 Å². The van der Waals surface area contributed by atoms with Crippen LogP contribution in [0.1, 0.15) is 57.5 Å². The first-order valence-corrected chi connectivity index (χ1v) is 6.89. The van der Waals surface area contributed by atoms with E-state index in [1.807, 2.05) is 13.0 Å². The van der Waals surface area contributed by atoms with Crippen LogP contribution < -0.4 is 11.1 Å². The number of nitrogens with one attached hydrogen (secondary N) is 1. The predicted octanol–water partition coefficient (Wildman–Crippen LogP) is 2.84. The number of rotatable bonds is 7. The van der Waals surface area contributed by atoms with Gasteiger partial charge in [-0.25, -0.2) is 9.97 Å². The van der Waals surface area contributed by atoms with Gasteiger partial charge in [0.15, 0.2) is 0 Å². The van der Waals surface area contributed by atoms with Crippen molar-refractivity contribution in [3.8, 4) is 0 Å². The third kappa shape index (κ3) is 4.61. The molecule has 1 rings (SSSR count). The Hall–Kier alpha value is -1.16. The Labute approximate surface area is 110 Å². The molecule has 3 N–H and O–H groups in total. The number of aryl methyl sites for hydroxylation is 1. The average molecular weight is 250 g/mol. The van der Waals surface area contributed by atoms with Gasteiger partial charge in [-0.15, -0.1) is 0 Å². The fourth-order valence-electron chi connectivity index (χ4n) is 1.83. The molecule has 1 heterocycles. The van der Waals surface area contributed by atoms with E-state index in [9.17, 15) is 0 Å². The predicted molar refractivity (Wildman–Crippen MR) is 76.8 cm³/mol. The van der Waals surface area contributed by atoms with Crippen LogP contribution in [0, 0.1) is 6.92 Å². The van der Waals surface area contributed by atoms with E-state index >= 15 is 0 Å². The number of unbranched alkanes of at least 4 members (excludes halogenated alkanes) is 1. The number of hydrogen-bond donors (Lipinski definition) is 2. The second-order valence-electron chi connectivity index (χ2n) is 5.13. The summed E-state index contributed by atoms with van der Waals surface area (Å²) in [4.78, 5) is 9.00. The molecule has 0 aromatic carbocycles. The van der Waals surface area contributed by atoms with Crippen molar-refractivity contribution < 1.29 is 0 Å². The minimum absolute atomic E-state index is 0.305. The van der Waals surface area contributed by atoms with Crippen molar-refractivity contribution in [2.75, 3.05) is 11.9 Å². The molecule has 0 saturated carbocycles. The molecule has 0 radical (unpaired) electrons. The summed E-state index contributed by atoms with van der Waals surface area (Å²) in [6.45, 7) is 9.05. The third-order valence-corrected chi connectivity index (χ3v) is 2.93. The molecule has 18 heavy (non-hydrogen) atoms. The monoisotopic (exact) mass is 250 g/mol. The van der Waals surface area contributed by atoms with Gasteiger partial charge < -0.3 is 11.1 Å². The highest BCUT2D eigenvalue weighted by atomic mass is 15.1. The molecular formula is C14H26N4. The first kappa shape index (κ1) is 14.9. The van der Waals surface area contributed by atoms with Gasteiger partial charge in [-0.3, -0.25) is 0 Å². The molecule has 4 nitrogen and oxygen atoms in total. The molecule has 1 atom stereocenters. The zero-order chi connectivity index (χ0) is 13.5. The normalized spacial score (nSPS) is 12.8. The third-order valence-electron chi connectivity index (χ3n) is 2.93. The van der Waals surface area contributed by atoms with Crippen LogP contribution in [0.15, 0.2) is 6.07 Å². The molecule has 0 aliphatic heterocycles. The summed E-state index contributed by atoms with van der Waals surface area (Å²) in [6, 6.07) is 2.29. The van der Waals surface area contributed by atoms with Gasteiger partial charge >= 0.3 is 0 Å². The molecule has 0 fully saturated rings. The lowest BCUT2D eigenvalue weighted by molar-refractivity contribution is 0.611. The summed E-state index contributed by atoms with van der Waals surface area (Å²) in [5, 5.41) is 3.42. The van der Waals surface area contributed by atoms with Crippen LogP contribution in [0.5, 0.6) is 0 Å². The molecule has 0 amide bonds. The maximum absolute atomic E-state index is 5.79. The fraction of sp³-hybridized carbons (Fsp3) is 0.714. The number of hydrogen-bond acceptors (Lipinski definition) is 4. The molecule has 0 aliphatic rings. The van der Waals surface area contributed by atoms with Crippen molar-refractivity contribution >= 4 is 5.82 Å². The lowest BCUT2D eigenvalue weighted by Gasteiger charge is -2.18. The van der Waals surface area contributed by atoms with Gasteiger partial charge in [0.2, 0.25) is 0 Å². The fourth-order valence-corrected chi connectivity index (χ4v) is 1.83. The van der Waals surface area contributed by atoms with Crippen LogP contribution in [-0.4, -0.2) is 22.6 Å². The lowest BCUT2D eigenvalue weighted by Crippen LogP contribution is -2.29. The van der Waals surface area contributed by atoms with Crippen molar-refractivity contribution in [3.05, 3.63) is 17.6 Å². The van der Waals surface area contributed by atoms with E-state index in [2.05, 4.69) is 36.1 Å². The molecule has 1 unspecified atom stereocenters. The molecule has 4 heteroatoms. The Morgan fingerprint density at radius 1 is 1.33 bits per heavy atom. The molecular weight excluding hydrogens is 224 g/mol. The quantitative estimate of drug-likeness (QED) is 0.781. The highest BCUT2D eigenvalue weighted by Crippen LogP contribution is 2.15. The number of aromatic nitrogens is 2. The van der Waals surface area contributed by atoms with E-state index in [1.54, 1.807) is 0 Å². The summed E-state index contributed by atoms with van der Waals surface area (Å²) in [5.74, 6) is 2.14. The summed E-state index contributed by atoms with van der Waals surface area (Å²) in [7, 11) is 0. The van der Waals surface area contributed by atoms with E-state index in [-0.39, 0.29) is 0 Å². The first-order valence-electron chi connectivity index (χ1n) is 6.89. The highest BCUT2D eigenvalue weighted by molar-refractivity contribution is 5.37. The van der Waals surface area contributed by atoms with E-state index < -0.39 is 0 Å². The largest absolute Gasteiger partial charge is 0.366 e. The minimum Gasteiger partial charge on any atom is -0.366 e. The van der Waals surface area contributed by atoms with Crippen molar-refractivity contribution in [1.29, 1.82) is 0 Å². The first-order chi connectivity index (χ1) is 8.56. The highest BCUT2D eigenvalue weighted by Gasteiger charge is 2.10. The number of anilines is 1. The zero-order valence-corrected chi connectivity index (χ0v) is 12.0. The maximum atomic E-state index is 5.79. The van der Waals surface area contributed by atoms with Gasteiger partial charge in [-0.1, -0.05) is 33.6 Å². The molecule has 1 aromatic rings. The lowest BCUT2D eigenvalue weighted by atomic mass is 10.1. The Kier molecular flexibility index (Phi) is 6.05. The number of nitrogens with zero attached hydrogens (tertiary/aromatic N) is 2. The molecule has 0 spiro atoms. The Bertz CT molecular complexity index is 363. The molecule has 0 aliphatic carbocycles. The van der Waals surface area contributed by atoms with Crippen molar-refractivity contribution in [1.82, 2.24) is 9.97 Å². The average Bonchev–Trinajstić information content (AvgIpc) is 2.33. The summed E-state index contributed by atoms with van der Waals surface area (Å²) in [5.41, 5.74) is 6.79. The molecule has 0 bridgehead atoms. The maximum Gasteiger partial charge on any atom is 0.133 e. The van der Waals surface area contributed by atoms with Gasteiger partial charge in [0.25, 0.3) is 0 Å². The summed E-state index contributed by atoms with van der Waals surface area (Å²) in [6.07, 6.45) is 3.47. The topological polar surface area (TPSA) is 63.8 Å². The Morgan fingerprint density at radius 2 is 2.06 bits per heavy atom. The van der Waals surface area contributed by atoms with Crippen LogP contribution in [-0.2, 0) is 0 Å². The standard InChI is InChI=1S/C14H26N4/c1-5-6-7-12(9-15)17-13-8-11(4)16-14(18-13)10(2)3/h8,10,12H,5-7,9,15H2,1-4H3,(H,16,17,18). The van der Waals surface area contributed by atoms with E-state index in [1.165, 1.54) is 12.8 Å². The number of nitrogens with two attached hydrogens (primary N) is 1. The van der Waals surface area contributed by atoms with E-state index in [0.29, 0.717) is 18.5 Å². The Morgan fingerprint density at radius 3 is 2.61 bits per heavy atom. The van der Waals surface area contributed by atoms with Gasteiger partial charge in [0.1, 0.15) is 11.6 Å². The smallest absolute Gasteiger partial charge is 0.133 e. The summed E-state index contributed by atoms with van der Waals surface area (Å²) < 4.78 is 0. The van der Waals surface area contributed by atoms with E-state index in [0.717, 1.165) is 23.8 Å². The van der Waals surface area contributed by atoms with Crippen molar-refractivity contribution in [2.45, 2.75) is 58.9 Å². The molecule has 1 aromatic heterocycles. The van der Waals surface area contributed by atoms with Crippen LogP contribution in [0.25, 0.3) is 0 Å². The van der Waals surface area contributed by atoms with Gasteiger partial charge in [-0.2, -0.15) is 0 Å². The van der Waals surface area contributed by atoms with Crippen LogP contribution >= 0.6 is 0 Å². The second-order valence-corrected chi connectivity index (χ2v) is 5.13. The van der Waals surface area contributed by atoms with Crippen LogP contribution in [0.4, 0.5) is 5.82 Å². The molecule has 0 saturated heterocycles. The zero-order valence-electron chi connectivity index (χ0n) is 12.0. The van der Waals surface area contributed by atoms with E-state index in [4.69, 9.17) is 5.73 Å². The van der Waals surface area contributed by atoms with Gasteiger partial charge in [-0.05, 0) is 13.3 Å². The van der Waals surface area contributed by atoms with Crippen LogP contribution in [0.2, 0.25) is 0 Å². The Balaban J connectivity index is 2.75. The van der Waals surface area contributed by atoms with Crippen molar-refractivity contribution in [3.63, 3.8) is 0 Å². The van der Waals surface area contributed by atoms with Gasteiger partial charge in [0.05, 0.1) is 0 Å². The van der Waals surface area contributed by atoms with Gasteiger partial charge in [0, 0.05) is 30.3 Å². The minimum atomic E-state index is 0.305. The summed E-state index contributed by atoms with van der Waals surface area (Å²) >= 11 is 0. The molecule has 102 valence electrons. The SMILES string of the molecule is CCCCC(CN)Nc1cc(C)nc(C(C)C)n1. The van der Waals surface area contributed by atoms with Crippen LogP contribution in [0.3, 0.4) is 0 Å².